The molecular weight excluding hydrogens is 342 g/mol. The van der Waals surface area contributed by atoms with Crippen molar-refractivity contribution in [3.63, 3.8) is 0 Å². The topological polar surface area (TPSA) is 48.4 Å². The third-order valence-electron chi connectivity index (χ3n) is 3.14. The molecule has 0 saturated carbocycles. The van der Waals surface area contributed by atoms with Gasteiger partial charge in [-0.25, -0.2) is 9.78 Å². The van der Waals surface area contributed by atoms with Gasteiger partial charge in [-0.1, -0.05) is 0 Å². The SMILES string of the molecule is CC(C)Oc1ccc(-c2nc(C(=O)OCc3ccsc3)cs2)cc1. The third kappa shape index (κ3) is 4.21. The van der Waals surface area contributed by atoms with Gasteiger partial charge in [-0.2, -0.15) is 11.3 Å². The lowest BCUT2D eigenvalue weighted by Gasteiger charge is -2.09. The second-order valence-corrected chi connectivity index (χ2v) is 7.07. The number of benzene rings is 1. The normalized spacial score (nSPS) is 10.8. The Bertz CT molecular complexity index is 792. The second-order valence-electron chi connectivity index (χ2n) is 5.44. The van der Waals surface area contributed by atoms with Crippen molar-refractivity contribution in [1.82, 2.24) is 4.98 Å². The molecule has 2 aromatic heterocycles. The molecule has 0 spiro atoms. The number of rotatable bonds is 6. The van der Waals surface area contributed by atoms with Gasteiger partial charge in [-0.3, -0.25) is 0 Å². The molecule has 6 heteroatoms. The summed E-state index contributed by atoms with van der Waals surface area (Å²) < 4.78 is 10.9. The van der Waals surface area contributed by atoms with E-state index in [1.165, 1.54) is 11.3 Å². The van der Waals surface area contributed by atoms with Crippen molar-refractivity contribution in [1.29, 1.82) is 0 Å². The van der Waals surface area contributed by atoms with Crippen molar-refractivity contribution in [2.45, 2.75) is 26.6 Å². The molecule has 0 bridgehead atoms. The van der Waals surface area contributed by atoms with Gasteiger partial charge in [0.15, 0.2) is 5.69 Å². The number of thiazole rings is 1. The van der Waals surface area contributed by atoms with Gasteiger partial charge >= 0.3 is 5.97 Å². The highest BCUT2D eigenvalue weighted by Gasteiger charge is 2.13. The third-order valence-corrected chi connectivity index (χ3v) is 4.76. The molecule has 0 aliphatic carbocycles. The Morgan fingerprint density at radius 1 is 1.17 bits per heavy atom. The van der Waals surface area contributed by atoms with Crippen LogP contribution in [-0.4, -0.2) is 17.1 Å². The number of nitrogens with zero attached hydrogens (tertiary/aromatic N) is 1. The summed E-state index contributed by atoms with van der Waals surface area (Å²) in [6.45, 7) is 4.25. The number of thiophene rings is 1. The van der Waals surface area contributed by atoms with E-state index in [0.29, 0.717) is 5.69 Å². The van der Waals surface area contributed by atoms with Crippen LogP contribution >= 0.6 is 22.7 Å². The minimum Gasteiger partial charge on any atom is -0.491 e. The molecule has 3 rings (SSSR count). The van der Waals surface area contributed by atoms with Gasteiger partial charge in [0.05, 0.1) is 6.10 Å². The van der Waals surface area contributed by atoms with E-state index >= 15 is 0 Å². The molecule has 0 fully saturated rings. The highest BCUT2D eigenvalue weighted by molar-refractivity contribution is 7.13. The predicted octanol–water partition coefficient (Wildman–Crippen LogP) is 5.02. The Morgan fingerprint density at radius 2 is 1.96 bits per heavy atom. The number of hydrogen-bond acceptors (Lipinski definition) is 6. The van der Waals surface area contributed by atoms with Gasteiger partial charge in [0.2, 0.25) is 0 Å². The molecule has 0 N–H and O–H groups in total. The van der Waals surface area contributed by atoms with E-state index in [1.807, 2.05) is 54.9 Å². The molecule has 0 unspecified atom stereocenters. The Balaban J connectivity index is 1.65. The van der Waals surface area contributed by atoms with Gasteiger partial charge in [0, 0.05) is 16.5 Å². The lowest BCUT2D eigenvalue weighted by molar-refractivity contribution is 0.0467. The minimum absolute atomic E-state index is 0.139. The van der Waals surface area contributed by atoms with Gasteiger partial charge in [0.1, 0.15) is 17.4 Å². The van der Waals surface area contributed by atoms with Crippen LogP contribution in [0.4, 0.5) is 0 Å². The first-order chi connectivity index (χ1) is 11.6. The van der Waals surface area contributed by atoms with Crippen molar-refractivity contribution in [3.05, 3.63) is 57.7 Å². The van der Waals surface area contributed by atoms with Crippen LogP contribution in [0.3, 0.4) is 0 Å². The maximum atomic E-state index is 12.1. The molecule has 0 radical (unpaired) electrons. The standard InChI is InChI=1S/C18H17NO3S2/c1-12(2)22-15-5-3-14(4-6-15)17-19-16(11-24-17)18(20)21-9-13-7-8-23-10-13/h3-8,10-12H,9H2,1-2H3. The van der Waals surface area contributed by atoms with Crippen LogP contribution in [-0.2, 0) is 11.3 Å². The summed E-state index contributed by atoms with van der Waals surface area (Å²) in [7, 11) is 0. The van der Waals surface area contributed by atoms with E-state index in [4.69, 9.17) is 9.47 Å². The average molecular weight is 359 g/mol. The molecule has 124 valence electrons. The zero-order valence-electron chi connectivity index (χ0n) is 13.4. The molecule has 3 aromatic rings. The van der Waals surface area contributed by atoms with E-state index in [1.54, 1.807) is 16.7 Å². The van der Waals surface area contributed by atoms with Crippen LogP contribution in [0, 0.1) is 0 Å². The van der Waals surface area contributed by atoms with E-state index in [9.17, 15) is 4.79 Å². The Kier molecular flexibility index (Phi) is 5.27. The van der Waals surface area contributed by atoms with Crippen LogP contribution < -0.4 is 4.74 Å². The molecule has 2 heterocycles. The summed E-state index contributed by atoms with van der Waals surface area (Å²) in [6.07, 6.45) is 0.139. The average Bonchev–Trinajstić information content (AvgIpc) is 3.24. The maximum absolute atomic E-state index is 12.1. The van der Waals surface area contributed by atoms with Gasteiger partial charge < -0.3 is 9.47 Å². The molecule has 0 aliphatic heterocycles. The number of aromatic nitrogens is 1. The lowest BCUT2D eigenvalue weighted by Crippen LogP contribution is -2.05. The zero-order chi connectivity index (χ0) is 16.9. The van der Waals surface area contributed by atoms with Gasteiger partial charge in [-0.15, -0.1) is 11.3 Å². The van der Waals surface area contributed by atoms with Crippen LogP contribution in [0.15, 0.2) is 46.5 Å². The quantitative estimate of drug-likeness (QED) is 0.580. The first-order valence-corrected chi connectivity index (χ1v) is 9.35. The summed E-state index contributed by atoms with van der Waals surface area (Å²) in [6, 6.07) is 9.63. The summed E-state index contributed by atoms with van der Waals surface area (Å²) in [4.78, 5) is 16.4. The highest BCUT2D eigenvalue weighted by Crippen LogP contribution is 2.26. The van der Waals surface area contributed by atoms with E-state index in [2.05, 4.69) is 4.98 Å². The van der Waals surface area contributed by atoms with Crippen LogP contribution in [0.5, 0.6) is 5.75 Å². The van der Waals surface area contributed by atoms with Crippen LogP contribution in [0.1, 0.15) is 29.9 Å². The summed E-state index contributed by atoms with van der Waals surface area (Å²) >= 11 is 3.00. The molecule has 24 heavy (non-hydrogen) atoms. The summed E-state index contributed by atoms with van der Waals surface area (Å²) in [5.74, 6) is 0.421. The smallest absolute Gasteiger partial charge is 0.358 e. The number of esters is 1. The van der Waals surface area contributed by atoms with Crippen molar-refractivity contribution in [2.24, 2.45) is 0 Å². The molecule has 0 saturated heterocycles. The van der Waals surface area contributed by atoms with Crippen molar-refractivity contribution in [2.75, 3.05) is 0 Å². The van der Waals surface area contributed by atoms with E-state index in [0.717, 1.165) is 21.9 Å². The highest BCUT2D eigenvalue weighted by atomic mass is 32.1. The van der Waals surface area contributed by atoms with Crippen LogP contribution in [0.2, 0.25) is 0 Å². The maximum Gasteiger partial charge on any atom is 0.358 e. The Morgan fingerprint density at radius 3 is 2.62 bits per heavy atom. The van der Waals surface area contributed by atoms with E-state index in [-0.39, 0.29) is 12.7 Å². The van der Waals surface area contributed by atoms with Crippen molar-refractivity contribution >= 4 is 28.6 Å². The van der Waals surface area contributed by atoms with Crippen molar-refractivity contribution in [3.8, 4) is 16.3 Å². The largest absolute Gasteiger partial charge is 0.491 e. The van der Waals surface area contributed by atoms with Gasteiger partial charge in [0.25, 0.3) is 0 Å². The first kappa shape index (κ1) is 16.7. The second kappa shape index (κ2) is 7.59. The first-order valence-electron chi connectivity index (χ1n) is 7.52. The van der Waals surface area contributed by atoms with E-state index < -0.39 is 5.97 Å². The zero-order valence-corrected chi connectivity index (χ0v) is 15.0. The fourth-order valence-electron chi connectivity index (χ4n) is 2.05. The fourth-order valence-corrected chi connectivity index (χ4v) is 3.49. The lowest BCUT2D eigenvalue weighted by atomic mass is 10.2. The van der Waals surface area contributed by atoms with Crippen LogP contribution in [0.25, 0.3) is 10.6 Å². The minimum atomic E-state index is -0.400. The number of hydrogen-bond donors (Lipinski definition) is 0. The summed E-state index contributed by atoms with van der Waals surface area (Å²) in [5, 5.41) is 6.43. The van der Waals surface area contributed by atoms with Crippen molar-refractivity contribution < 1.29 is 14.3 Å². The Labute approximate surface area is 148 Å². The monoisotopic (exact) mass is 359 g/mol. The number of carbonyl (C=O) groups is 1. The molecule has 1 aromatic carbocycles. The molecular formula is C18H17NO3S2. The predicted molar refractivity (Wildman–Crippen MR) is 96.8 cm³/mol. The molecule has 0 amide bonds. The number of carbonyl (C=O) groups excluding carboxylic acids is 1. The Hall–Kier alpha value is -2.18. The molecule has 0 aliphatic rings. The molecule has 0 atom stereocenters. The number of ether oxygens (including phenoxy) is 2. The van der Waals surface area contributed by atoms with Gasteiger partial charge in [-0.05, 0) is 54.9 Å². The summed E-state index contributed by atoms with van der Waals surface area (Å²) in [5.41, 5.74) is 2.28. The molecule has 4 nitrogen and oxygen atoms in total. The fraction of sp³-hybridized carbons (Fsp3) is 0.222.